The van der Waals surface area contributed by atoms with Crippen molar-refractivity contribution < 1.29 is 9.53 Å². The van der Waals surface area contributed by atoms with Crippen LogP contribution in [-0.4, -0.2) is 43.5 Å². The Morgan fingerprint density at radius 1 is 1.53 bits per heavy atom. The molecule has 0 aromatic carbocycles. The zero-order valence-corrected chi connectivity index (χ0v) is 10.3. The average Bonchev–Trinajstić information content (AvgIpc) is 2.28. The highest BCUT2D eigenvalue weighted by molar-refractivity contribution is 6.19. The Bertz CT molecular complexity index is 205. The second-order valence-electron chi connectivity index (χ2n) is 4.33. The third kappa shape index (κ3) is 3.99. The molecule has 1 heterocycles. The van der Waals surface area contributed by atoms with E-state index in [2.05, 4.69) is 0 Å². The van der Waals surface area contributed by atoms with E-state index in [1.165, 1.54) is 0 Å². The number of hydrogen-bond donors (Lipinski definition) is 0. The normalized spacial score (nSPS) is 19.9. The van der Waals surface area contributed by atoms with Crippen molar-refractivity contribution >= 4 is 17.5 Å². The molecule has 88 valence electrons. The smallest absolute Gasteiger partial charge is 0.226 e. The molecule has 1 unspecified atom stereocenters. The molecular weight excluding hydrogens is 214 g/mol. The van der Waals surface area contributed by atoms with Crippen LogP contribution in [0.5, 0.6) is 0 Å². The largest absolute Gasteiger partial charge is 0.381 e. The van der Waals surface area contributed by atoms with E-state index in [0.717, 1.165) is 32.6 Å². The van der Waals surface area contributed by atoms with Crippen molar-refractivity contribution in [3.63, 3.8) is 0 Å². The van der Waals surface area contributed by atoms with Crippen molar-refractivity contribution in [2.75, 3.05) is 32.7 Å². The first-order chi connectivity index (χ1) is 7.15. The standard InChI is InChI=1S/C11H20ClNO2/c1-9(7-12)11(14)13(2)8-10-3-5-15-6-4-10/h9-10H,3-8H2,1-2H3. The van der Waals surface area contributed by atoms with Gasteiger partial charge in [-0.1, -0.05) is 6.92 Å². The summed E-state index contributed by atoms with van der Waals surface area (Å²) in [6.45, 7) is 4.37. The first-order valence-corrected chi connectivity index (χ1v) is 6.07. The zero-order chi connectivity index (χ0) is 11.3. The SMILES string of the molecule is CC(CCl)C(=O)N(C)CC1CCOCC1. The fraction of sp³-hybridized carbons (Fsp3) is 0.909. The van der Waals surface area contributed by atoms with E-state index >= 15 is 0 Å². The van der Waals surface area contributed by atoms with E-state index in [0.29, 0.717) is 11.8 Å². The van der Waals surface area contributed by atoms with Crippen LogP contribution in [-0.2, 0) is 9.53 Å². The lowest BCUT2D eigenvalue weighted by Crippen LogP contribution is -2.37. The molecule has 0 saturated carbocycles. The summed E-state index contributed by atoms with van der Waals surface area (Å²) < 4.78 is 5.29. The molecular formula is C11H20ClNO2. The van der Waals surface area contributed by atoms with Crippen LogP contribution in [0, 0.1) is 11.8 Å². The maximum Gasteiger partial charge on any atom is 0.226 e. The van der Waals surface area contributed by atoms with E-state index < -0.39 is 0 Å². The Morgan fingerprint density at radius 3 is 2.67 bits per heavy atom. The van der Waals surface area contributed by atoms with Gasteiger partial charge in [-0.25, -0.2) is 0 Å². The van der Waals surface area contributed by atoms with E-state index in [9.17, 15) is 4.79 Å². The topological polar surface area (TPSA) is 29.5 Å². The summed E-state index contributed by atoms with van der Waals surface area (Å²) in [5, 5.41) is 0. The second kappa shape index (κ2) is 6.33. The molecule has 1 rings (SSSR count). The van der Waals surface area contributed by atoms with Crippen LogP contribution in [0.3, 0.4) is 0 Å². The molecule has 1 amide bonds. The minimum absolute atomic E-state index is 0.0727. The van der Waals surface area contributed by atoms with Gasteiger partial charge in [0.2, 0.25) is 5.91 Å². The molecule has 15 heavy (non-hydrogen) atoms. The summed E-state index contributed by atoms with van der Waals surface area (Å²) in [7, 11) is 1.86. The number of halogens is 1. The van der Waals surface area contributed by atoms with Crippen LogP contribution in [0.25, 0.3) is 0 Å². The van der Waals surface area contributed by atoms with Crippen LogP contribution < -0.4 is 0 Å². The Kier molecular flexibility index (Phi) is 5.40. The van der Waals surface area contributed by atoms with Crippen molar-refractivity contribution in [1.82, 2.24) is 4.90 Å². The molecule has 0 aromatic rings. The number of carbonyl (C=O) groups is 1. The third-order valence-corrected chi connectivity index (χ3v) is 3.37. The average molecular weight is 234 g/mol. The Balaban J connectivity index is 2.33. The molecule has 1 aliphatic rings. The Hall–Kier alpha value is -0.280. The maximum absolute atomic E-state index is 11.8. The van der Waals surface area contributed by atoms with E-state index in [-0.39, 0.29) is 11.8 Å². The minimum Gasteiger partial charge on any atom is -0.381 e. The number of ether oxygens (including phenoxy) is 1. The number of amides is 1. The number of hydrogen-bond acceptors (Lipinski definition) is 2. The molecule has 1 saturated heterocycles. The van der Waals surface area contributed by atoms with Gasteiger partial charge in [0.05, 0.1) is 0 Å². The van der Waals surface area contributed by atoms with Crippen LogP contribution in [0.4, 0.5) is 0 Å². The van der Waals surface area contributed by atoms with E-state index in [1.807, 2.05) is 18.9 Å². The van der Waals surface area contributed by atoms with Crippen LogP contribution in [0.15, 0.2) is 0 Å². The van der Waals surface area contributed by atoms with Gasteiger partial charge in [0, 0.05) is 38.6 Å². The van der Waals surface area contributed by atoms with Crippen molar-refractivity contribution in [2.24, 2.45) is 11.8 Å². The van der Waals surface area contributed by atoms with Crippen molar-refractivity contribution in [3.8, 4) is 0 Å². The highest BCUT2D eigenvalue weighted by atomic mass is 35.5. The van der Waals surface area contributed by atoms with Gasteiger partial charge in [-0.05, 0) is 18.8 Å². The molecule has 0 N–H and O–H groups in total. The predicted molar refractivity (Wildman–Crippen MR) is 61.1 cm³/mol. The monoisotopic (exact) mass is 233 g/mol. The number of nitrogens with zero attached hydrogens (tertiary/aromatic N) is 1. The molecule has 0 radical (unpaired) electrons. The fourth-order valence-corrected chi connectivity index (χ4v) is 1.98. The van der Waals surface area contributed by atoms with Gasteiger partial charge in [-0.2, -0.15) is 0 Å². The lowest BCUT2D eigenvalue weighted by Gasteiger charge is -2.28. The van der Waals surface area contributed by atoms with Gasteiger partial charge in [0.1, 0.15) is 0 Å². The Labute approximate surface area is 96.7 Å². The molecule has 0 aromatic heterocycles. The maximum atomic E-state index is 11.8. The first-order valence-electron chi connectivity index (χ1n) is 5.53. The van der Waals surface area contributed by atoms with Crippen molar-refractivity contribution in [3.05, 3.63) is 0 Å². The highest BCUT2D eigenvalue weighted by Crippen LogP contribution is 2.16. The lowest BCUT2D eigenvalue weighted by molar-refractivity contribution is -0.134. The molecule has 1 fully saturated rings. The molecule has 0 aliphatic carbocycles. The van der Waals surface area contributed by atoms with Gasteiger partial charge >= 0.3 is 0 Å². The van der Waals surface area contributed by atoms with Crippen molar-refractivity contribution in [2.45, 2.75) is 19.8 Å². The van der Waals surface area contributed by atoms with Gasteiger partial charge < -0.3 is 9.64 Å². The number of alkyl halides is 1. The van der Waals surface area contributed by atoms with E-state index in [1.54, 1.807) is 0 Å². The summed E-state index contributed by atoms with van der Waals surface area (Å²) in [4.78, 5) is 13.6. The molecule has 1 atom stereocenters. The van der Waals surface area contributed by atoms with E-state index in [4.69, 9.17) is 16.3 Å². The molecule has 0 bridgehead atoms. The third-order valence-electron chi connectivity index (χ3n) is 2.90. The Morgan fingerprint density at radius 2 is 2.13 bits per heavy atom. The summed E-state index contributed by atoms with van der Waals surface area (Å²) >= 11 is 5.67. The van der Waals surface area contributed by atoms with Gasteiger partial charge in [-0.15, -0.1) is 11.6 Å². The first kappa shape index (κ1) is 12.8. The number of carbonyl (C=O) groups excluding carboxylic acids is 1. The number of rotatable bonds is 4. The molecule has 3 nitrogen and oxygen atoms in total. The zero-order valence-electron chi connectivity index (χ0n) is 9.54. The summed E-state index contributed by atoms with van der Waals surface area (Å²) in [6, 6.07) is 0. The predicted octanol–water partition coefficient (Wildman–Crippen LogP) is 1.75. The highest BCUT2D eigenvalue weighted by Gasteiger charge is 2.21. The molecule has 1 aliphatic heterocycles. The fourth-order valence-electron chi connectivity index (χ4n) is 1.85. The van der Waals surface area contributed by atoms with Crippen LogP contribution in [0.1, 0.15) is 19.8 Å². The quantitative estimate of drug-likeness (QED) is 0.693. The van der Waals surface area contributed by atoms with Crippen LogP contribution >= 0.6 is 11.6 Å². The second-order valence-corrected chi connectivity index (χ2v) is 4.64. The minimum atomic E-state index is -0.0727. The van der Waals surface area contributed by atoms with Gasteiger partial charge in [0.15, 0.2) is 0 Å². The summed E-state index contributed by atoms with van der Waals surface area (Å²) in [5.41, 5.74) is 0. The summed E-state index contributed by atoms with van der Waals surface area (Å²) in [6.07, 6.45) is 2.12. The van der Waals surface area contributed by atoms with Gasteiger partial charge in [0.25, 0.3) is 0 Å². The lowest BCUT2D eigenvalue weighted by atomic mass is 9.99. The van der Waals surface area contributed by atoms with Gasteiger partial charge in [-0.3, -0.25) is 4.79 Å². The molecule has 0 spiro atoms. The van der Waals surface area contributed by atoms with Crippen molar-refractivity contribution in [1.29, 1.82) is 0 Å². The molecule has 4 heteroatoms. The van der Waals surface area contributed by atoms with Crippen LogP contribution in [0.2, 0.25) is 0 Å². The summed E-state index contributed by atoms with van der Waals surface area (Å²) in [5.74, 6) is 1.07.